The lowest BCUT2D eigenvalue weighted by molar-refractivity contribution is 0.570. The quantitative estimate of drug-likeness (QED) is 0.331. The maximum Gasteiger partial charge on any atom is 0.191 e. The third-order valence-corrected chi connectivity index (χ3v) is 3.15. The second-order valence-corrected chi connectivity index (χ2v) is 4.97. The van der Waals surface area contributed by atoms with Gasteiger partial charge in [-0.15, -0.1) is 24.0 Å². The first-order valence-corrected chi connectivity index (χ1v) is 7.25. The standard InChI is InChI=1S/C16H23N5.HI/c1-14-11-20-21(13-14)10-6-9-18-16(17-2)19-12-15-7-4-3-5-8-15;/h3-5,7-8,11,13H,6,9-10,12H2,1-2H3,(H2,17,18,19);1H. The molecule has 0 atom stereocenters. The third-order valence-electron chi connectivity index (χ3n) is 3.15. The second-order valence-electron chi connectivity index (χ2n) is 4.97. The van der Waals surface area contributed by atoms with E-state index in [2.05, 4.69) is 46.0 Å². The van der Waals surface area contributed by atoms with Crippen molar-refractivity contribution in [3.8, 4) is 0 Å². The highest BCUT2D eigenvalue weighted by atomic mass is 127. The van der Waals surface area contributed by atoms with Crippen LogP contribution in [0.3, 0.4) is 0 Å². The van der Waals surface area contributed by atoms with Crippen LogP contribution in [0.1, 0.15) is 17.5 Å². The summed E-state index contributed by atoms with van der Waals surface area (Å²) in [6, 6.07) is 10.3. The van der Waals surface area contributed by atoms with E-state index in [1.54, 1.807) is 7.05 Å². The van der Waals surface area contributed by atoms with Crippen LogP contribution in [0.15, 0.2) is 47.7 Å². The van der Waals surface area contributed by atoms with E-state index in [0.29, 0.717) is 0 Å². The molecule has 1 aromatic heterocycles. The normalized spacial score (nSPS) is 10.9. The highest BCUT2D eigenvalue weighted by Gasteiger charge is 1.98. The van der Waals surface area contributed by atoms with Gasteiger partial charge in [-0.2, -0.15) is 5.10 Å². The van der Waals surface area contributed by atoms with Crippen LogP contribution in [0, 0.1) is 6.92 Å². The zero-order valence-corrected chi connectivity index (χ0v) is 15.5. The number of hydrogen-bond donors (Lipinski definition) is 2. The number of rotatable bonds is 6. The summed E-state index contributed by atoms with van der Waals surface area (Å²) >= 11 is 0. The van der Waals surface area contributed by atoms with Crippen molar-refractivity contribution in [2.24, 2.45) is 4.99 Å². The Hall–Kier alpha value is -1.57. The molecule has 1 heterocycles. The lowest BCUT2D eigenvalue weighted by Crippen LogP contribution is -2.37. The molecule has 5 nitrogen and oxygen atoms in total. The van der Waals surface area contributed by atoms with Crippen molar-refractivity contribution in [2.75, 3.05) is 13.6 Å². The molecule has 0 aliphatic heterocycles. The summed E-state index contributed by atoms with van der Waals surface area (Å²) in [5.74, 6) is 0.829. The van der Waals surface area contributed by atoms with E-state index < -0.39 is 0 Å². The number of nitrogens with zero attached hydrogens (tertiary/aromatic N) is 3. The van der Waals surface area contributed by atoms with Crippen LogP contribution in [-0.2, 0) is 13.1 Å². The Balaban J connectivity index is 0.00000242. The maximum absolute atomic E-state index is 4.27. The summed E-state index contributed by atoms with van der Waals surface area (Å²) in [6.45, 7) is 4.61. The van der Waals surface area contributed by atoms with E-state index in [-0.39, 0.29) is 24.0 Å². The first-order valence-electron chi connectivity index (χ1n) is 7.25. The van der Waals surface area contributed by atoms with Crippen LogP contribution in [0.2, 0.25) is 0 Å². The minimum atomic E-state index is 0. The van der Waals surface area contributed by atoms with Gasteiger partial charge in [-0.3, -0.25) is 9.67 Å². The van der Waals surface area contributed by atoms with E-state index in [4.69, 9.17) is 0 Å². The molecule has 2 rings (SSSR count). The molecule has 120 valence electrons. The van der Waals surface area contributed by atoms with Crippen LogP contribution < -0.4 is 10.6 Å². The van der Waals surface area contributed by atoms with Gasteiger partial charge in [0.1, 0.15) is 0 Å². The zero-order valence-electron chi connectivity index (χ0n) is 13.1. The largest absolute Gasteiger partial charge is 0.356 e. The summed E-state index contributed by atoms with van der Waals surface area (Å²) < 4.78 is 1.97. The Morgan fingerprint density at radius 3 is 2.64 bits per heavy atom. The van der Waals surface area contributed by atoms with E-state index in [0.717, 1.165) is 32.0 Å². The lowest BCUT2D eigenvalue weighted by Gasteiger charge is -2.11. The first-order chi connectivity index (χ1) is 10.3. The molecule has 0 amide bonds. The first kappa shape index (κ1) is 18.5. The number of guanidine groups is 1. The average molecular weight is 413 g/mol. The van der Waals surface area contributed by atoms with E-state index in [1.807, 2.05) is 29.1 Å². The highest BCUT2D eigenvalue weighted by Crippen LogP contribution is 1.97. The number of halogens is 1. The summed E-state index contributed by atoms with van der Waals surface area (Å²) in [7, 11) is 1.79. The van der Waals surface area contributed by atoms with E-state index >= 15 is 0 Å². The molecule has 0 bridgehead atoms. The van der Waals surface area contributed by atoms with Gasteiger partial charge in [-0.1, -0.05) is 30.3 Å². The van der Waals surface area contributed by atoms with Gasteiger partial charge < -0.3 is 10.6 Å². The molecule has 6 heteroatoms. The van der Waals surface area contributed by atoms with Crippen LogP contribution >= 0.6 is 24.0 Å². The molecule has 0 fully saturated rings. The lowest BCUT2D eigenvalue weighted by atomic mass is 10.2. The van der Waals surface area contributed by atoms with Gasteiger partial charge in [0.25, 0.3) is 0 Å². The molecule has 0 radical (unpaired) electrons. The van der Waals surface area contributed by atoms with Crippen LogP contribution in [0.4, 0.5) is 0 Å². The fraction of sp³-hybridized carbons (Fsp3) is 0.375. The molecular formula is C16H24IN5. The fourth-order valence-corrected chi connectivity index (χ4v) is 2.04. The molecule has 0 saturated carbocycles. The van der Waals surface area contributed by atoms with Crippen molar-refractivity contribution in [2.45, 2.75) is 26.4 Å². The Morgan fingerprint density at radius 2 is 2.00 bits per heavy atom. The van der Waals surface area contributed by atoms with Crippen molar-refractivity contribution >= 4 is 29.9 Å². The van der Waals surface area contributed by atoms with Gasteiger partial charge >= 0.3 is 0 Å². The molecule has 22 heavy (non-hydrogen) atoms. The molecule has 0 spiro atoms. The van der Waals surface area contributed by atoms with Crippen molar-refractivity contribution in [1.29, 1.82) is 0 Å². The Labute approximate surface area is 149 Å². The molecule has 2 aromatic rings. The topological polar surface area (TPSA) is 54.2 Å². The van der Waals surface area contributed by atoms with Gasteiger partial charge in [0.15, 0.2) is 5.96 Å². The number of aryl methyl sites for hydroxylation is 2. The van der Waals surface area contributed by atoms with E-state index in [1.165, 1.54) is 11.1 Å². The highest BCUT2D eigenvalue weighted by molar-refractivity contribution is 14.0. The van der Waals surface area contributed by atoms with Crippen LogP contribution in [0.5, 0.6) is 0 Å². The van der Waals surface area contributed by atoms with E-state index in [9.17, 15) is 0 Å². The Bertz CT molecular complexity index is 565. The monoisotopic (exact) mass is 413 g/mol. The molecular weight excluding hydrogens is 389 g/mol. The smallest absolute Gasteiger partial charge is 0.191 e. The van der Waals surface area contributed by atoms with Crippen molar-refractivity contribution in [1.82, 2.24) is 20.4 Å². The number of aromatic nitrogens is 2. The molecule has 0 aliphatic rings. The average Bonchev–Trinajstić information content (AvgIpc) is 2.93. The molecule has 2 N–H and O–H groups in total. The zero-order chi connectivity index (χ0) is 14.9. The third kappa shape index (κ3) is 6.46. The summed E-state index contributed by atoms with van der Waals surface area (Å²) in [6.07, 6.45) is 4.95. The minimum Gasteiger partial charge on any atom is -0.356 e. The van der Waals surface area contributed by atoms with Gasteiger partial charge in [-0.05, 0) is 24.5 Å². The predicted octanol–water partition coefficient (Wildman–Crippen LogP) is 2.56. The van der Waals surface area contributed by atoms with Gasteiger partial charge in [-0.25, -0.2) is 0 Å². The molecule has 0 saturated heterocycles. The van der Waals surface area contributed by atoms with Gasteiger partial charge in [0.2, 0.25) is 0 Å². The fourth-order valence-electron chi connectivity index (χ4n) is 2.04. The maximum atomic E-state index is 4.27. The van der Waals surface area contributed by atoms with Crippen molar-refractivity contribution in [3.63, 3.8) is 0 Å². The molecule has 0 unspecified atom stereocenters. The van der Waals surface area contributed by atoms with Crippen molar-refractivity contribution in [3.05, 3.63) is 53.9 Å². The molecule has 1 aromatic carbocycles. The number of benzene rings is 1. The van der Waals surface area contributed by atoms with Crippen LogP contribution in [0.25, 0.3) is 0 Å². The summed E-state index contributed by atoms with van der Waals surface area (Å²) in [4.78, 5) is 4.22. The molecule has 0 aliphatic carbocycles. The summed E-state index contributed by atoms with van der Waals surface area (Å²) in [5.41, 5.74) is 2.44. The van der Waals surface area contributed by atoms with Crippen molar-refractivity contribution < 1.29 is 0 Å². The second kappa shape index (κ2) is 10.2. The Kier molecular flexibility index (Phi) is 8.57. The Morgan fingerprint density at radius 1 is 1.23 bits per heavy atom. The summed E-state index contributed by atoms with van der Waals surface area (Å²) in [5, 5.41) is 10.9. The minimum absolute atomic E-state index is 0. The number of nitrogens with one attached hydrogen (secondary N) is 2. The van der Waals surface area contributed by atoms with Gasteiger partial charge in [0.05, 0.1) is 6.20 Å². The SMILES string of the molecule is CN=C(NCCCn1cc(C)cn1)NCc1ccccc1.I. The van der Waals surface area contributed by atoms with Gasteiger partial charge in [0, 0.05) is 32.9 Å². The predicted molar refractivity (Wildman–Crippen MR) is 102 cm³/mol. The number of hydrogen-bond acceptors (Lipinski definition) is 2. The number of aliphatic imine (C=N–C) groups is 1. The van der Waals surface area contributed by atoms with Crippen LogP contribution in [-0.4, -0.2) is 29.3 Å².